The first-order valence-electron chi connectivity index (χ1n) is 16.3. The molecule has 5 nitrogen and oxygen atoms in total. The van der Waals surface area contributed by atoms with Crippen molar-refractivity contribution in [3.8, 4) is 16.9 Å². The maximum Gasteiger partial charge on any atom is 0.309 e. The van der Waals surface area contributed by atoms with Crippen LogP contribution in [0, 0.1) is 0 Å². The van der Waals surface area contributed by atoms with Gasteiger partial charge in [0.25, 0.3) is 0 Å². The van der Waals surface area contributed by atoms with E-state index in [4.69, 9.17) is 26.1 Å². The number of aryl methyl sites for hydroxylation is 1. The van der Waals surface area contributed by atoms with Crippen molar-refractivity contribution in [1.82, 2.24) is 9.55 Å². The van der Waals surface area contributed by atoms with Gasteiger partial charge in [0.2, 0.25) is 0 Å². The number of nitrogens with zero attached hydrogens (tertiary/aromatic N) is 2. The first kappa shape index (κ1) is 32.0. The van der Waals surface area contributed by atoms with Crippen molar-refractivity contribution in [1.29, 1.82) is 0 Å². The van der Waals surface area contributed by atoms with Gasteiger partial charge in [-0.15, -0.1) is 11.8 Å². The Balaban J connectivity index is 1.23. The molecule has 3 heterocycles. The smallest absolute Gasteiger partial charge is 0.309 e. The van der Waals surface area contributed by atoms with Crippen LogP contribution in [0.2, 0.25) is 5.02 Å². The molecule has 7 heteroatoms. The lowest BCUT2D eigenvalue weighted by Crippen LogP contribution is -2.11. The van der Waals surface area contributed by atoms with Gasteiger partial charge < -0.3 is 14.0 Å². The largest absolute Gasteiger partial charge is 0.487 e. The number of hydrogen-bond acceptors (Lipinski definition) is 5. The number of halogens is 1. The molecule has 1 unspecified atom stereocenters. The number of aromatic nitrogens is 2. The molecule has 0 radical (unpaired) electrons. The summed E-state index contributed by atoms with van der Waals surface area (Å²) in [5.41, 5.74) is 10.3. The first-order valence-corrected chi connectivity index (χ1v) is 17.6. The molecule has 0 N–H and O–H groups in total. The lowest BCUT2D eigenvalue weighted by molar-refractivity contribution is -0.139. The zero-order valence-corrected chi connectivity index (χ0v) is 28.7. The number of carbonyl (C=O) groups is 1. The third-order valence-corrected chi connectivity index (χ3v) is 10.5. The van der Waals surface area contributed by atoms with Gasteiger partial charge in [-0.25, -0.2) is 0 Å². The molecule has 48 heavy (non-hydrogen) atoms. The second-order valence-corrected chi connectivity index (χ2v) is 14.2. The second kappa shape index (κ2) is 14.3. The van der Waals surface area contributed by atoms with Gasteiger partial charge in [-0.05, 0) is 71.8 Å². The van der Waals surface area contributed by atoms with Gasteiger partial charge in [-0.2, -0.15) is 0 Å². The standard InChI is InChI=1S/C41H37ClN2O3S/c1-27-22-35-38(47-26-34-18-14-32(24-43-34)29-8-4-3-5-9-29)21-20-36-40(35)41(48-27)37(44(36)25-28-12-16-33(42)17-13-28)19-15-30-10-6-7-11-31(30)23-39(45)46-2/h3-14,16-18,20-21,24,27H,15,19,22-23,25-26H2,1-2H3. The van der Waals surface area contributed by atoms with Gasteiger partial charge >= 0.3 is 5.97 Å². The van der Waals surface area contributed by atoms with Crippen molar-refractivity contribution < 1.29 is 14.3 Å². The lowest BCUT2D eigenvalue weighted by atomic mass is 9.99. The quantitative estimate of drug-likeness (QED) is 0.128. The highest BCUT2D eigenvalue weighted by Crippen LogP contribution is 2.47. The zero-order chi connectivity index (χ0) is 33.0. The van der Waals surface area contributed by atoms with Crippen molar-refractivity contribution in [3.05, 3.63) is 148 Å². The Labute approximate surface area is 290 Å². The minimum Gasteiger partial charge on any atom is -0.487 e. The fourth-order valence-corrected chi connectivity index (χ4v) is 8.09. The summed E-state index contributed by atoms with van der Waals surface area (Å²) in [7, 11) is 1.44. The summed E-state index contributed by atoms with van der Waals surface area (Å²) < 4.78 is 14.0. The van der Waals surface area contributed by atoms with E-state index < -0.39 is 0 Å². The van der Waals surface area contributed by atoms with E-state index in [9.17, 15) is 4.79 Å². The number of pyridine rings is 1. The normalized spacial score (nSPS) is 13.9. The van der Waals surface area contributed by atoms with Crippen LogP contribution in [0.3, 0.4) is 0 Å². The van der Waals surface area contributed by atoms with Crippen LogP contribution in [0.25, 0.3) is 22.0 Å². The Hall–Kier alpha value is -4.52. The molecule has 1 aliphatic rings. The van der Waals surface area contributed by atoms with Crippen LogP contribution in [-0.4, -0.2) is 27.9 Å². The maximum absolute atomic E-state index is 12.2. The summed E-state index contributed by atoms with van der Waals surface area (Å²) in [6.45, 7) is 3.44. The molecule has 7 rings (SSSR count). The Morgan fingerprint density at radius 3 is 2.42 bits per heavy atom. The molecule has 4 aromatic carbocycles. The van der Waals surface area contributed by atoms with Gasteiger partial charge in [-0.3, -0.25) is 9.78 Å². The van der Waals surface area contributed by atoms with Gasteiger partial charge in [0.05, 0.1) is 24.7 Å². The second-order valence-electron chi connectivity index (χ2n) is 12.3. The summed E-state index contributed by atoms with van der Waals surface area (Å²) in [5.74, 6) is 0.696. The van der Waals surface area contributed by atoms with Gasteiger partial charge in [0.1, 0.15) is 12.4 Å². The predicted molar refractivity (Wildman–Crippen MR) is 195 cm³/mol. The minimum absolute atomic E-state index is 0.224. The molecule has 0 fully saturated rings. The van der Waals surface area contributed by atoms with Crippen LogP contribution in [-0.2, 0) is 48.4 Å². The average molecular weight is 673 g/mol. The van der Waals surface area contributed by atoms with Crippen molar-refractivity contribution in [2.45, 2.75) is 55.9 Å². The highest BCUT2D eigenvalue weighted by atomic mass is 35.5. The Morgan fingerprint density at radius 1 is 0.896 bits per heavy atom. The molecular weight excluding hydrogens is 636 g/mol. The highest BCUT2D eigenvalue weighted by molar-refractivity contribution is 8.00. The van der Waals surface area contributed by atoms with Crippen LogP contribution in [0.5, 0.6) is 5.75 Å². The van der Waals surface area contributed by atoms with Gasteiger partial charge in [0.15, 0.2) is 0 Å². The summed E-state index contributed by atoms with van der Waals surface area (Å²) in [6.07, 6.45) is 4.77. The van der Waals surface area contributed by atoms with Crippen LogP contribution in [0.15, 0.2) is 114 Å². The Kier molecular flexibility index (Phi) is 9.55. The molecule has 0 bridgehead atoms. The van der Waals surface area contributed by atoms with E-state index in [2.05, 4.69) is 66.1 Å². The summed E-state index contributed by atoms with van der Waals surface area (Å²) in [6, 6.07) is 35.1. The van der Waals surface area contributed by atoms with Crippen molar-refractivity contribution in [3.63, 3.8) is 0 Å². The van der Waals surface area contributed by atoms with Crippen LogP contribution >= 0.6 is 23.4 Å². The van der Waals surface area contributed by atoms with Crippen LogP contribution in [0.4, 0.5) is 0 Å². The van der Waals surface area contributed by atoms with E-state index in [-0.39, 0.29) is 12.4 Å². The molecule has 1 aliphatic heterocycles. The Bertz CT molecular complexity index is 2060. The maximum atomic E-state index is 12.2. The van der Waals surface area contributed by atoms with E-state index in [1.807, 2.05) is 66.5 Å². The fourth-order valence-electron chi connectivity index (χ4n) is 6.62. The Morgan fingerprint density at radius 2 is 1.67 bits per heavy atom. The monoisotopic (exact) mass is 672 g/mol. The number of esters is 1. The van der Waals surface area contributed by atoms with E-state index in [0.717, 1.165) is 59.0 Å². The molecule has 1 atom stereocenters. The number of rotatable bonds is 11. The third-order valence-electron chi connectivity index (χ3n) is 9.04. The number of benzene rings is 4. The molecule has 0 saturated heterocycles. The molecular formula is C41H37ClN2O3S. The van der Waals surface area contributed by atoms with Crippen molar-refractivity contribution in [2.75, 3.05) is 7.11 Å². The molecule has 6 aromatic rings. The third kappa shape index (κ3) is 6.87. The topological polar surface area (TPSA) is 53.4 Å². The van der Waals surface area contributed by atoms with Crippen LogP contribution < -0.4 is 4.74 Å². The predicted octanol–water partition coefficient (Wildman–Crippen LogP) is 9.52. The van der Waals surface area contributed by atoms with Crippen LogP contribution in [0.1, 0.15) is 40.6 Å². The summed E-state index contributed by atoms with van der Waals surface area (Å²) >= 11 is 8.21. The lowest BCUT2D eigenvalue weighted by Gasteiger charge is -2.22. The van der Waals surface area contributed by atoms with Gasteiger partial charge in [0, 0.05) is 50.1 Å². The number of ether oxygens (including phenoxy) is 2. The first-order chi connectivity index (χ1) is 23.5. The molecule has 0 spiro atoms. The fraction of sp³-hybridized carbons (Fsp3) is 0.220. The highest BCUT2D eigenvalue weighted by Gasteiger charge is 2.29. The van der Waals surface area contributed by atoms with Crippen molar-refractivity contribution >= 4 is 40.2 Å². The van der Waals surface area contributed by atoms with E-state index in [0.29, 0.717) is 11.9 Å². The molecule has 0 amide bonds. The average Bonchev–Trinajstić information content (AvgIpc) is 3.40. The van der Waals surface area contributed by atoms with E-state index in [1.54, 1.807) is 0 Å². The zero-order valence-electron chi connectivity index (χ0n) is 27.1. The van der Waals surface area contributed by atoms with E-state index >= 15 is 0 Å². The number of carbonyl (C=O) groups excluding carboxylic acids is 1. The van der Waals surface area contributed by atoms with E-state index in [1.165, 1.54) is 45.3 Å². The summed E-state index contributed by atoms with van der Waals surface area (Å²) in [5, 5.41) is 2.41. The molecule has 0 aliphatic carbocycles. The minimum atomic E-state index is -0.224. The van der Waals surface area contributed by atoms with Crippen molar-refractivity contribution in [2.24, 2.45) is 0 Å². The number of hydrogen-bond donors (Lipinski definition) is 0. The number of methoxy groups -OCH3 is 1. The molecule has 2 aromatic heterocycles. The van der Waals surface area contributed by atoms with Gasteiger partial charge in [-0.1, -0.05) is 91.3 Å². The number of thioether (sulfide) groups is 1. The molecule has 0 saturated carbocycles. The molecule has 242 valence electrons. The summed E-state index contributed by atoms with van der Waals surface area (Å²) in [4.78, 5) is 18.2. The SMILES string of the molecule is COC(=O)Cc1ccccc1CCc1c2c3c(c(OCc4ccc(-c5ccccc5)cn4)ccc3n1Cc1ccc(Cl)cc1)CC(C)S2.